The molecule has 0 aliphatic heterocycles. The van der Waals surface area contributed by atoms with Crippen molar-refractivity contribution in [2.75, 3.05) is 0 Å². The molecule has 2 aliphatic rings. The molecule has 1 spiro atoms. The Bertz CT molecular complexity index is 1850. The molecule has 0 radical (unpaired) electrons. The van der Waals surface area contributed by atoms with Gasteiger partial charge in [-0.15, -0.1) is 0 Å². The lowest BCUT2D eigenvalue weighted by Crippen LogP contribution is -2.26. The van der Waals surface area contributed by atoms with Gasteiger partial charge in [0.15, 0.2) is 0 Å². The molecule has 8 rings (SSSR count). The summed E-state index contributed by atoms with van der Waals surface area (Å²) in [5.41, 5.74) is 11.3. The zero-order valence-electron chi connectivity index (χ0n) is 17.9. The first-order valence-electron chi connectivity index (χ1n) is 11.3. The smallest absolute Gasteiger partial charge is 0.143 e. The van der Waals surface area contributed by atoms with E-state index in [1.165, 1.54) is 44.5 Å². The maximum atomic E-state index is 6.67. The molecule has 0 fully saturated rings. The number of para-hydroxylation sites is 1. The summed E-state index contributed by atoms with van der Waals surface area (Å²) in [5.74, 6) is 0. The summed E-state index contributed by atoms with van der Waals surface area (Å²) in [5, 5.41) is 3.03. The highest BCUT2D eigenvalue weighted by Gasteiger charge is 2.53. The van der Waals surface area contributed by atoms with E-state index in [9.17, 15) is 0 Å². The van der Waals surface area contributed by atoms with Gasteiger partial charge in [0.25, 0.3) is 0 Å². The maximum absolute atomic E-state index is 6.67. The fourth-order valence-corrected chi connectivity index (χ4v) is 7.26. The molecule has 34 heavy (non-hydrogen) atoms. The molecule has 5 aromatic carbocycles. The fourth-order valence-electron chi connectivity index (χ4n) is 6.43. The summed E-state index contributed by atoms with van der Waals surface area (Å²) in [6.45, 7) is 0. The number of hydrogen-bond donors (Lipinski definition) is 0. The van der Waals surface area contributed by atoms with Crippen LogP contribution in [0.5, 0.6) is 0 Å². The van der Waals surface area contributed by atoms with Crippen molar-refractivity contribution in [2.24, 2.45) is 0 Å². The van der Waals surface area contributed by atoms with Gasteiger partial charge in [-0.1, -0.05) is 100 Å². The molecule has 1 heterocycles. The molecule has 0 saturated heterocycles. The summed E-state index contributed by atoms with van der Waals surface area (Å²) in [6.07, 6.45) is 0. The lowest BCUT2D eigenvalue weighted by Gasteiger charge is -2.31. The van der Waals surface area contributed by atoms with Gasteiger partial charge in [-0.3, -0.25) is 0 Å². The molecule has 6 aromatic rings. The summed E-state index contributed by atoms with van der Waals surface area (Å²) in [7, 11) is 0. The van der Waals surface area contributed by atoms with Crippen LogP contribution in [-0.2, 0) is 5.41 Å². The number of fused-ring (bicyclic) bond motifs is 14. The second-order valence-electron chi connectivity index (χ2n) is 9.11. The number of rotatable bonds is 0. The number of benzene rings is 5. The lowest BCUT2D eigenvalue weighted by atomic mass is 9.70. The molecule has 2 aliphatic carbocycles. The van der Waals surface area contributed by atoms with Crippen LogP contribution in [0.15, 0.2) is 106 Å². The van der Waals surface area contributed by atoms with Crippen LogP contribution in [0.2, 0.25) is 5.02 Å². The van der Waals surface area contributed by atoms with Crippen molar-refractivity contribution < 1.29 is 4.42 Å². The molecule has 1 atom stereocenters. The molecule has 0 amide bonds. The summed E-state index contributed by atoms with van der Waals surface area (Å²) in [6, 6.07) is 34.4. The Balaban J connectivity index is 1.64. The molecular weight excluding hydrogens is 504 g/mol. The molecule has 1 unspecified atom stereocenters. The highest BCUT2D eigenvalue weighted by molar-refractivity contribution is 9.10. The van der Waals surface area contributed by atoms with Crippen LogP contribution in [-0.4, -0.2) is 0 Å². The van der Waals surface area contributed by atoms with Crippen molar-refractivity contribution >= 4 is 49.5 Å². The molecule has 0 N–H and O–H groups in total. The Kier molecular flexibility index (Phi) is 3.59. The van der Waals surface area contributed by atoms with Crippen molar-refractivity contribution in [1.29, 1.82) is 0 Å². The number of hydrogen-bond acceptors (Lipinski definition) is 1. The van der Waals surface area contributed by atoms with Crippen molar-refractivity contribution in [2.45, 2.75) is 5.41 Å². The topological polar surface area (TPSA) is 13.1 Å². The number of halogens is 2. The van der Waals surface area contributed by atoms with Gasteiger partial charge >= 0.3 is 0 Å². The molecule has 1 nitrogen and oxygen atoms in total. The Morgan fingerprint density at radius 1 is 0.647 bits per heavy atom. The maximum Gasteiger partial charge on any atom is 0.143 e. The average Bonchev–Trinajstić information content (AvgIpc) is 3.48. The predicted molar refractivity (Wildman–Crippen MR) is 143 cm³/mol. The number of furan rings is 1. The Morgan fingerprint density at radius 2 is 1.47 bits per heavy atom. The van der Waals surface area contributed by atoms with Crippen LogP contribution in [0.1, 0.15) is 22.3 Å². The first-order chi connectivity index (χ1) is 16.7. The van der Waals surface area contributed by atoms with E-state index >= 15 is 0 Å². The van der Waals surface area contributed by atoms with E-state index in [4.69, 9.17) is 16.0 Å². The van der Waals surface area contributed by atoms with E-state index in [0.717, 1.165) is 31.4 Å². The van der Waals surface area contributed by atoms with E-state index in [1.807, 2.05) is 18.2 Å². The minimum absolute atomic E-state index is 0.464. The quantitative estimate of drug-likeness (QED) is 0.194. The molecule has 0 saturated carbocycles. The van der Waals surface area contributed by atoms with Crippen LogP contribution in [0.25, 0.3) is 44.2 Å². The fraction of sp³-hybridized carbons (Fsp3) is 0.0323. The van der Waals surface area contributed by atoms with E-state index in [0.29, 0.717) is 0 Å². The van der Waals surface area contributed by atoms with Gasteiger partial charge in [0.1, 0.15) is 11.2 Å². The molecule has 3 heteroatoms. The van der Waals surface area contributed by atoms with Crippen molar-refractivity contribution in [3.8, 4) is 22.3 Å². The highest BCUT2D eigenvalue weighted by atomic mass is 79.9. The predicted octanol–water partition coefficient (Wildman–Crippen LogP) is 9.35. The second-order valence-corrected chi connectivity index (χ2v) is 10.4. The average molecular weight is 520 g/mol. The second kappa shape index (κ2) is 6.41. The highest BCUT2D eigenvalue weighted by Crippen LogP contribution is 2.65. The largest absolute Gasteiger partial charge is 0.455 e. The first-order valence-corrected chi connectivity index (χ1v) is 12.5. The summed E-state index contributed by atoms with van der Waals surface area (Å²) >= 11 is 10.6. The molecule has 160 valence electrons. The van der Waals surface area contributed by atoms with E-state index in [-0.39, 0.29) is 0 Å². The normalized spacial score (nSPS) is 17.2. The van der Waals surface area contributed by atoms with Crippen LogP contribution in [0, 0.1) is 0 Å². The van der Waals surface area contributed by atoms with Gasteiger partial charge in [-0.2, -0.15) is 0 Å². The Labute approximate surface area is 209 Å². The molecule has 0 bridgehead atoms. The van der Waals surface area contributed by atoms with Crippen molar-refractivity contribution in [1.82, 2.24) is 0 Å². The minimum atomic E-state index is -0.464. The van der Waals surface area contributed by atoms with Crippen LogP contribution >= 0.6 is 27.5 Å². The summed E-state index contributed by atoms with van der Waals surface area (Å²) < 4.78 is 7.65. The Hall–Kier alpha value is -3.33. The third kappa shape index (κ3) is 2.08. The lowest BCUT2D eigenvalue weighted by molar-refractivity contribution is 0.669. The van der Waals surface area contributed by atoms with Crippen LogP contribution in [0.3, 0.4) is 0 Å². The van der Waals surface area contributed by atoms with Crippen molar-refractivity contribution in [3.63, 3.8) is 0 Å². The standard InChI is InChI=1S/C31H16BrClO/c32-26-10-5-8-20-18-6-1-3-9-23(18)31(29(20)26)24-15-14-21-19-7-2-4-11-27(19)34-30(21)28(24)22-13-12-17(33)16-25(22)31/h1-16H. The van der Waals surface area contributed by atoms with Crippen LogP contribution in [0.4, 0.5) is 0 Å². The van der Waals surface area contributed by atoms with Gasteiger partial charge in [0.2, 0.25) is 0 Å². The molecule has 1 aromatic heterocycles. The first kappa shape index (κ1) is 19.0. The van der Waals surface area contributed by atoms with Gasteiger partial charge in [0, 0.05) is 25.8 Å². The molecular formula is C31H16BrClO. The van der Waals surface area contributed by atoms with E-state index in [2.05, 4.69) is 94.8 Å². The van der Waals surface area contributed by atoms with E-state index in [1.54, 1.807) is 0 Å². The van der Waals surface area contributed by atoms with Crippen LogP contribution < -0.4 is 0 Å². The monoisotopic (exact) mass is 518 g/mol. The zero-order valence-corrected chi connectivity index (χ0v) is 20.2. The SMILES string of the molecule is Clc1ccc2c(c1)C1(c3ccccc3-c3cccc(Br)c31)c1ccc3c(oc4ccccc43)c1-2. The summed E-state index contributed by atoms with van der Waals surface area (Å²) in [4.78, 5) is 0. The van der Waals surface area contributed by atoms with E-state index < -0.39 is 5.41 Å². The zero-order chi connectivity index (χ0) is 22.6. The minimum Gasteiger partial charge on any atom is -0.455 e. The van der Waals surface area contributed by atoms with Gasteiger partial charge in [-0.05, 0) is 63.2 Å². The van der Waals surface area contributed by atoms with Gasteiger partial charge in [-0.25, -0.2) is 0 Å². The van der Waals surface area contributed by atoms with Crippen molar-refractivity contribution in [3.05, 3.63) is 129 Å². The Morgan fingerprint density at radius 3 is 2.41 bits per heavy atom. The third-order valence-corrected chi connectivity index (χ3v) is 8.51. The third-order valence-electron chi connectivity index (χ3n) is 7.62. The van der Waals surface area contributed by atoms with Gasteiger partial charge < -0.3 is 4.42 Å². The van der Waals surface area contributed by atoms with Gasteiger partial charge in [0.05, 0.1) is 5.41 Å².